The fraction of sp³-hybridized carbons (Fsp3) is 0.350. The van der Waals surface area contributed by atoms with Gasteiger partial charge >= 0.3 is 0 Å². The van der Waals surface area contributed by atoms with Crippen LogP contribution >= 0.6 is 0 Å². The third kappa shape index (κ3) is 7.10. The third-order valence-electron chi connectivity index (χ3n) is 3.81. The van der Waals surface area contributed by atoms with Crippen molar-refractivity contribution >= 4 is 16.8 Å². The minimum atomic E-state index is -0.880. The predicted octanol–water partition coefficient (Wildman–Crippen LogP) is 3.00. The molecule has 0 heterocycles. The highest BCUT2D eigenvalue weighted by Crippen LogP contribution is 2.08. The summed E-state index contributed by atoms with van der Waals surface area (Å²) in [7, 11) is -0.880. The number of aliphatic imine (C=N–C) groups is 1. The summed E-state index contributed by atoms with van der Waals surface area (Å²) in [6, 6.07) is 18.2. The van der Waals surface area contributed by atoms with Crippen molar-refractivity contribution in [2.75, 3.05) is 18.8 Å². The Bertz CT molecular complexity index is 701. The average Bonchev–Trinajstić information content (AvgIpc) is 2.61. The van der Waals surface area contributed by atoms with E-state index in [0.29, 0.717) is 24.6 Å². The molecule has 0 spiro atoms. The molecular formula is C20H27N3OS. The van der Waals surface area contributed by atoms with Crippen molar-refractivity contribution in [2.24, 2.45) is 4.99 Å². The summed E-state index contributed by atoms with van der Waals surface area (Å²) in [6.45, 7) is 6.21. The molecule has 4 nitrogen and oxygen atoms in total. The van der Waals surface area contributed by atoms with Gasteiger partial charge in [0.1, 0.15) is 0 Å². The van der Waals surface area contributed by atoms with Crippen LogP contribution in [-0.2, 0) is 23.1 Å². The van der Waals surface area contributed by atoms with E-state index in [1.54, 1.807) is 0 Å². The molecule has 0 saturated heterocycles. The topological polar surface area (TPSA) is 53.5 Å². The summed E-state index contributed by atoms with van der Waals surface area (Å²) in [5, 5.41) is 6.51. The largest absolute Gasteiger partial charge is 0.357 e. The molecule has 0 fully saturated rings. The Balaban J connectivity index is 1.81. The first-order valence-corrected chi connectivity index (χ1v) is 10.1. The number of guanidine groups is 1. The minimum Gasteiger partial charge on any atom is -0.357 e. The maximum absolute atomic E-state index is 12.2. The zero-order valence-corrected chi connectivity index (χ0v) is 15.8. The standard InChI is InChI=1S/C20H27N3OS/c1-3-21-20(23-15-19-12-8-7-9-17(19)2)22-13-14-25(24)16-18-10-5-4-6-11-18/h4-12H,3,13-16H2,1-2H3,(H2,21,22,23). The first-order chi connectivity index (χ1) is 12.2. The Hall–Kier alpha value is -2.14. The summed E-state index contributed by atoms with van der Waals surface area (Å²) in [6.07, 6.45) is 0. The van der Waals surface area contributed by atoms with Gasteiger partial charge in [0.05, 0.1) is 6.54 Å². The molecule has 0 aliphatic rings. The Morgan fingerprint density at radius 3 is 2.48 bits per heavy atom. The van der Waals surface area contributed by atoms with Gasteiger partial charge in [0.25, 0.3) is 0 Å². The van der Waals surface area contributed by atoms with Crippen LogP contribution in [0.3, 0.4) is 0 Å². The van der Waals surface area contributed by atoms with Gasteiger partial charge in [-0.25, -0.2) is 4.99 Å². The van der Waals surface area contributed by atoms with Crippen molar-refractivity contribution in [1.82, 2.24) is 10.6 Å². The van der Waals surface area contributed by atoms with Gasteiger partial charge < -0.3 is 10.6 Å². The molecule has 2 N–H and O–H groups in total. The van der Waals surface area contributed by atoms with Crippen LogP contribution in [0.25, 0.3) is 0 Å². The molecule has 25 heavy (non-hydrogen) atoms. The van der Waals surface area contributed by atoms with Crippen LogP contribution in [0, 0.1) is 6.92 Å². The van der Waals surface area contributed by atoms with Gasteiger partial charge in [0, 0.05) is 35.4 Å². The lowest BCUT2D eigenvalue weighted by molar-refractivity contribution is 0.680. The Morgan fingerprint density at radius 2 is 1.76 bits per heavy atom. The van der Waals surface area contributed by atoms with Crippen LogP contribution in [0.15, 0.2) is 59.6 Å². The van der Waals surface area contributed by atoms with E-state index in [-0.39, 0.29) is 0 Å². The highest BCUT2D eigenvalue weighted by Gasteiger charge is 2.03. The van der Waals surface area contributed by atoms with Crippen molar-refractivity contribution in [3.05, 3.63) is 71.3 Å². The lowest BCUT2D eigenvalue weighted by atomic mass is 10.1. The fourth-order valence-corrected chi connectivity index (χ4v) is 3.45. The van der Waals surface area contributed by atoms with E-state index in [0.717, 1.165) is 18.1 Å². The smallest absolute Gasteiger partial charge is 0.191 e. The second-order valence-electron chi connectivity index (χ2n) is 5.82. The zero-order chi connectivity index (χ0) is 17.9. The van der Waals surface area contributed by atoms with Crippen LogP contribution in [0.1, 0.15) is 23.6 Å². The molecular weight excluding hydrogens is 330 g/mol. The predicted molar refractivity (Wildman–Crippen MR) is 107 cm³/mol. The van der Waals surface area contributed by atoms with Crippen LogP contribution in [0.2, 0.25) is 0 Å². The Kier molecular flexibility index (Phi) is 8.19. The van der Waals surface area contributed by atoms with Crippen LogP contribution in [0.5, 0.6) is 0 Å². The Morgan fingerprint density at radius 1 is 1.04 bits per heavy atom. The summed E-state index contributed by atoms with van der Waals surface area (Å²) in [5.41, 5.74) is 3.57. The molecule has 2 aromatic rings. The number of rotatable bonds is 8. The number of aryl methyl sites for hydroxylation is 1. The van der Waals surface area contributed by atoms with E-state index in [1.807, 2.05) is 49.4 Å². The van der Waals surface area contributed by atoms with Gasteiger partial charge in [-0.1, -0.05) is 54.6 Å². The van der Waals surface area contributed by atoms with Crippen LogP contribution in [0.4, 0.5) is 0 Å². The fourth-order valence-electron chi connectivity index (χ4n) is 2.41. The monoisotopic (exact) mass is 357 g/mol. The molecule has 1 atom stereocenters. The summed E-state index contributed by atoms with van der Waals surface area (Å²) >= 11 is 0. The number of benzene rings is 2. The van der Waals surface area contributed by atoms with E-state index < -0.39 is 10.8 Å². The number of nitrogens with zero attached hydrogens (tertiary/aromatic N) is 1. The number of hydrogen-bond acceptors (Lipinski definition) is 2. The molecule has 2 aromatic carbocycles. The van der Waals surface area contributed by atoms with E-state index in [9.17, 15) is 4.21 Å². The molecule has 0 aromatic heterocycles. The number of nitrogens with one attached hydrogen (secondary N) is 2. The molecule has 0 bridgehead atoms. The minimum absolute atomic E-state index is 0.597. The first-order valence-electron chi connectivity index (χ1n) is 8.64. The van der Waals surface area contributed by atoms with Gasteiger partial charge in [-0.3, -0.25) is 4.21 Å². The van der Waals surface area contributed by atoms with E-state index in [2.05, 4.69) is 34.7 Å². The molecule has 0 aliphatic heterocycles. The zero-order valence-electron chi connectivity index (χ0n) is 15.0. The Labute approximate surface area is 153 Å². The van der Waals surface area contributed by atoms with Crippen molar-refractivity contribution in [3.8, 4) is 0 Å². The highest BCUT2D eigenvalue weighted by molar-refractivity contribution is 7.84. The maximum atomic E-state index is 12.2. The second-order valence-corrected chi connectivity index (χ2v) is 7.40. The second kappa shape index (κ2) is 10.7. The number of hydrogen-bond donors (Lipinski definition) is 2. The third-order valence-corrected chi connectivity index (χ3v) is 5.12. The maximum Gasteiger partial charge on any atom is 0.191 e. The summed E-state index contributed by atoms with van der Waals surface area (Å²) < 4.78 is 12.2. The quantitative estimate of drug-likeness (QED) is 0.564. The van der Waals surface area contributed by atoms with Crippen molar-refractivity contribution in [3.63, 3.8) is 0 Å². The molecule has 0 aliphatic carbocycles. The lowest BCUT2D eigenvalue weighted by Gasteiger charge is -2.12. The molecule has 0 radical (unpaired) electrons. The van der Waals surface area contributed by atoms with Crippen molar-refractivity contribution in [2.45, 2.75) is 26.1 Å². The normalized spacial score (nSPS) is 12.6. The molecule has 0 saturated carbocycles. The van der Waals surface area contributed by atoms with Gasteiger partial charge in [-0.15, -0.1) is 0 Å². The van der Waals surface area contributed by atoms with Crippen molar-refractivity contribution in [1.29, 1.82) is 0 Å². The average molecular weight is 358 g/mol. The van der Waals surface area contributed by atoms with Crippen LogP contribution in [-0.4, -0.2) is 29.0 Å². The van der Waals surface area contributed by atoms with E-state index in [4.69, 9.17) is 0 Å². The SMILES string of the molecule is CCNC(=NCc1ccccc1C)NCCS(=O)Cc1ccccc1. The molecule has 2 rings (SSSR count). The molecule has 5 heteroatoms. The molecule has 134 valence electrons. The van der Waals surface area contributed by atoms with Gasteiger partial charge in [-0.05, 0) is 30.5 Å². The van der Waals surface area contributed by atoms with Crippen molar-refractivity contribution < 1.29 is 4.21 Å². The van der Waals surface area contributed by atoms with Gasteiger partial charge in [-0.2, -0.15) is 0 Å². The molecule has 0 amide bonds. The highest BCUT2D eigenvalue weighted by atomic mass is 32.2. The van der Waals surface area contributed by atoms with Crippen LogP contribution < -0.4 is 10.6 Å². The van der Waals surface area contributed by atoms with Gasteiger partial charge in [0.2, 0.25) is 0 Å². The van der Waals surface area contributed by atoms with E-state index >= 15 is 0 Å². The van der Waals surface area contributed by atoms with Gasteiger partial charge in [0.15, 0.2) is 5.96 Å². The van der Waals surface area contributed by atoms with E-state index in [1.165, 1.54) is 11.1 Å². The lowest BCUT2D eigenvalue weighted by Crippen LogP contribution is -2.39. The first kappa shape index (κ1) is 19.2. The summed E-state index contributed by atoms with van der Waals surface area (Å²) in [4.78, 5) is 4.62. The molecule has 1 unspecified atom stereocenters. The summed E-state index contributed by atoms with van der Waals surface area (Å²) in [5.74, 6) is 1.96.